The molecule has 0 radical (unpaired) electrons. The van der Waals surface area contributed by atoms with E-state index in [1.165, 1.54) is 11.8 Å². The second-order valence-electron chi connectivity index (χ2n) is 4.30. The zero-order valence-corrected chi connectivity index (χ0v) is 11.1. The Labute approximate surface area is 107 Å². The summed E-state index contributed by atoms with van der Waals surface area (Å²) in [5, 5.41) is 0. The number of Topliss-reactive ketones (excluding diaryl/α,β-unsaturated/α-hetero) is 1. The fraction of sp³-hybridized carbons (Fsp3) is 0.385. The molecule has 18 heavy (non-hydrogen) atoms. The number of carbonyl (C=O) groups excluding carboxylic acids is 2. The van der Waals surface area contributed by atoms with Gasteiger partial charge in [-0.3, -0.25) is 9.59 Å². The first-order valence-corrected chi connectivity index (χ1v) is 5.61. The molecule has 2 N–H and O–H groups in total. The van der Waals surface area contributed by atoms with Crippen LogP contribution in [0, 0.1) is 0 Å². The fourth-order valence-electron chi connectivity index (χ4n) is 1.53. The molecule has 0 bridgehead atoms. The highest BCUT2D eigenvalue weighted by Gasteiger charge is 2.19. The number of nitrogens with zero attached hydrogens (tertiary/aromatic N) is 1. The number of ketones is 1. The summed E-state index contributed by atoms with van der Waals surface area (Å²) in [6, 6.07) is 4.78. The zero-order chi connectivity index (χ0) is 13.9. The molecule has 5 nitrogen and oxygen atoms in total. The lowest BCUT2D eigenvalue weighted by atomic mass is 10.1. The van der Waals surface area contributed by atoms with Gasteiger partial charge in [-0.05, 0) is 32.0 Å². The molecule has 0 aliphatic rings. The summed E-state index contributed by atoms with van der Waals surface area (Å²) < 4.78 is 5.52. The zero-order valence-electron chi connectivity index (χ0n) is 11.1. The van der Waals surface area contributed by atoms with Crippen LogP contribution < -0.4 is 10.5 Å². The second-order valence-corrected chi connectivity index (χ2v) is 4.30. The average molecular weight is 250 g/mol. The smallest absolute Gasteiger partial charge is 0.262 e. The number of likely N-dealkylation sites (N-methyl/N-ethyl adjacent to an activating group) is 1. The monoisotopic (exact) mass is 250 g/mol. The van der Waals surface area contributed by atoms with Crippen LogP contribution in [0.5, 0.6) is 5.75 Å². The SMILES string of the molecule is CC(=O)c1cc(N)ccc1OC(C)C(=O)N(C)C. The number of amides is 1. The summed E-state index contributed by atoms with van der Waals surface area (Å²) in [4.78, 5) is 24.6. The van der Waals surface area contributed by atoms with Crippen molar-refractivity contribution in [2.45, 2.75) is 20.0 Å². The van der Waals surface area contributed by atoms with Crippen LogP contribution in [0.3, 0.4) is 0 Å². The summed E-state index contributed by atoms with van der Waals surface area (Å²) in [5.41, 5.74) is 6.49. The molecule has 0 fully saturated rings. The largest absolute Gasteiger partial charge is 0.480 e. The molecular formula is C13H18N2O3. The molecule has 0 spiro atoms. The Morgan fingerprint density at radius 2 is 1.94 bits per heavy atom. The normalized spacial score (nSPS) is 11.8. The maximum atomic E-state index is 11.7. The summed E-state index contributed by atoms with van der Waals surface area (Å²) in [6.07, 6.45) is -0.651. The topological polar surface area (TPSA) is 72.6 Å². The van der Waals surface area contributed by atoms with Gasteiger partial charge in [0, 0.05) is 19.8 Å². The highest BCUT2D eigenvalue weighted by molar-refractivity contribution is 5.97. The van der Waals surface area contributed by atoms with Crippen molar-refractivity contribution in [1.29, 1.82) is 0 Å². The van der Waals surface area contributed by atoms with Crippen molar-refractivity contribution in [2.75, 3.05) is 19.8 Å². The van der Waals surface area contributed by atoms with E-state index in [9.17, 15) is 9.59 Å². The Bertz CT molecular complexity index is 469. The minimum atomic E-state index is -0.651. The quantitative estimate of drug-likeness (QED) is 0.646. The average Bonchev–Trinajstić information content (AvgIpc) is 2.29. The summed E-state index contributed by atoms with van der Waals surface area (Å²) in [6.45, 7) is 3.07. The predicted octanol–water partition coefficient (Wildman–Crippen LogP) is 1.33. The molecule has 0 saturated heterocycles. The predicted molar refractivity (Wildman–Crippen MR) is 69.6 cm³/mol. The van der Waals surface area contributed by atoms with Gasteiger partial charge >= 0.3 is 0 Å². The molecule has 5 heteroatoms. The maximum Gasteiger partial charge on any atom is 0.262 e. The molecule has 0 aliphatic heterocycles. The number of rotatable bonds is 4. The maximum absolute atomic E-state index is 11.7. The molecule has 0 aromatic heterocycles. The van der Waals surface area contributed by atoms with Gasteiger partial charge in [-0.1, -0.05) is 0 Å². The molecule has 0 heterocycles. The van der Waals surface area contributed by atoms with Crippen LogP contribution in [0.25, 0.3) is 0 Å². The number of nitrogens with two attached hydrogens (primary N) is 1. The third-order valence-electron chi connectivity index (χ3n) is 2.48. The van der Waals surface area contributed by atoms with Gasteiger partial charge in [-0.2, -0.15) is 0 Å². The first kappa shape index (κ1) is 14.0. The van der Waals surface area contributed by atoms with Gasteiger partial charge in [0.05, 0.1) is 5.56 Å². The van der Waals surface area contributed by atoms with Gasteiger partial charge in [0.15, 0.2) is 11.9 Å². The van der Waals surface area contributed by atoms with Crippen LogP contribution in [-0.4, -0.2) is 36.8 Å². The summed E-state index contributed by atoms with van der Waals surface area (Å²) in [5.74, 6) is 0.0579. The minimum Gasteiger partial charge on any atom is -0.480 e. The highest BCUT2D eigenvalue weighted by atomic mass is 16.5. The number of nitrogen functional groups attached to an aromatic ring is 1. The third-order valence-corrected chi connectivity index (χ3v) is 2.48. The van der Waals surface area contributed by atoms with Gasteiger partial charge < -0.3 is 15.4 Å². The lowest BCUT2D eigenvalue weighted by Crippen LogP contribution is -2.35. The minimum absolute atomic E-state index is 0.151. The van der Waals surface area contributed by atoms with E-state index < -0.39 is 6.10 Å². The van der Waals surface area contributed by atoms with Crippen LogP contribution in [0.2, 0.25) is 0 Å². The van der Waals surface area contributed by atoms with Crippen LogP contribution in [0.4, 0.5) is 5.69 Å². The van der Waals surface area contributed by atoms with E-state index in [4.69, 9.17) is 10.5 Å². The third kappa shape index (κ3) is 3.23. The van der Waals surface area contributed by atoms with E-state index in [1.807, 2.05) is 0 Å². The lowest BCUT2D eigenvalue weighted by Gasteiger charge is -2.19. The number of anilines is 1. The lowest BCUT2D eigenvalue weighted by molar-refractivity contribution is -0.135. The Morgan fingerprint density at radius 3 is 2.44 bits per heavy atom. The van der Waals surface area contributed by atoms with Crippen molar-refractivity contribution in [2.24, 2.45) is 0 Å². The number of hydrogen-bond donors (Lipinski definition) is 1. The fourth-order valence-corrected chi connectivity index (χ4v) is 1.53. The van der Waals surface area contributed by atoms with Crippen molar-refractivity contribution in [3.05, 3.63) is 23.8 Å². The molecule has 1 amide bonds. The molecule has 1 unspecified atom stereocenters. The second kappa shape index (κ2) is 5.53. The number of hydrogen-bond acceptors (Lipinski definition) is 4. The van der Waals surface area contributed by atoms with Gasteiger partial charge in [0.2, 0.25) is 0 Å². The highest BCUT2D eigenvalue weighted by Crippen LogP contribution is 2.23. The number of ether oxygens (including phenoxy) is 1. The van der Waals surface area contributed by atoms with Crippen molar-refractivity contribution in [3.63, 3.8) is 0 Å². The van der Waals surface area contributed by atoms with Gasteiger partial charge in [-0.25, -0.2) is 0 Å². The van der Waals surface area contributed by atoms with E-state index >= 15 is 0 Å². The van der Waals surface area contributed by atoms with Gasteiger partial charge in [0.25, 0.3) is 5.91 Å². The van der Waals surface area contributed by atoms with E-state index in [1.54, 1.807) is 39.2 Å². The van der Waals surface area contributed by atoms with Crippen LogP contribution >= 0.6 is 0 Å². The standard InChI is InChI=1S/C13H18N2O3/c1-8(16)11-7-10(14)5-6-12(11)18-9(2)13(17)15(3)4/h5-7,9H,14H2,1-4H3. The van der Waals surface area contributed by atoms with Gasteiger partial charge in [0.1, 0.15) is 5.75 Å². The first-order chi connectivity index (χ1) is 8.32. The van der Waals surface area contributed by atoms with Crippen molar-refractivity contribution in [1.82, 2.24) is 4.90 Å². The van der Waals surface area contributed by atoms with E-state index in [0.29, 0.717) is 17.0 Å². The van der Waals surface area contributed by atoms with E-state index in [0.717, 1.165) is 0 Å². The van der Waals surface area contributed by atoms with Crippen molar-refractivity contribution >= 4 is 17.4 Å². The first-order valence-electron chi connectivity index (χ1n) is 5.61. The number of carbonyl (C=O) groups is 2. The molecule has 1 aromatic rings. The molecule has 98 valence electrons. The van der Waals surface area contributed by atoms with Gasteiger partial charge in [-0.15, -0.1) is 0 Å². The Morgan fingerprint density at radius 1 is 1.33 bits per heavy atom. The molecule has 0 aliphatic carbocycles. The van der Waals surface area contributed by atoms with E-state index in [2.05, 4.69) is 0 Å². The van der Waals surface area contributed by atoms with Crippen molar-refractivity contribution < 1.29 is 14.3 Å². The molecule has 1 atom stereocenters. The Balaban J connectivity index is 2.97. The molecule has 1 rings (SSSR count). The molecule has 1 aromatic carbocycles. The molecular weight excluding hydrogens is 232 g/mol. The van der Waals surface area contributed by atoms with Crippen LogP contribution in [0.15, 0.2) is 18.2 Å². The Hall–Kier alpha value is -2.04. The summed E-state index contributed by atoms with van der Waals surface area (Å²) in [7, 11) is 3.30. The Kier molecular flexibility index (Phi) is 4.31. The summed E-state index contributed by atoms with van der Waals surface area (Å²) >= 11 is 0. The van der Waals surface area contributed by atoms with E-state index in [-0.39, 0.29) is 11.7 Å². The van der Waals surface area contributed by atoms with Crippen LogP contribution in [0.1, 0.15) is 24.2 Å². The number of benzene rings is 1. The van der Waals surface area contributed by atoms with Crippen molar-refractivity contribution in [3.8, 4) is 5.75 Å². The van der Waals surface area contributed by atoms with Crippen LogP contribution in [-0.2, 0) is 4.79 Å². The molecule has 0 saturated carbocycles.